The van der Waals surface area contributed by atoms with Crippen molar-refractivity contribution in [3.05, 3.63) is 54.1 Å². The van der Waals surface area contributed by atoms with Crippen LogP contribution in [0, 0.1) is 0 Å². The maximum atomic E-state index is 12.9. The smallest absolute Gasteiger partial charge is 0.243 e. The Balaban J connectivity index is 2.12. The third-order valence-corrected chi connectivity index (χ3v) is 6.66. The molecule has 0 bridgehead atoms. The fourth-order valence-electron chi connectivity index (χ4n) is 2.78. The summed E-state index contributed by atoms with van der Waals surface area (Å²) in [6.07, 6.45) is 0.984. The predicted molar refractivity (Wildman–Crippen MR) is 111 cm³/mol. The van der Waals surface area contributed by atoms with Crippen molar-refractivity contribution in [3.63, 3.8) is 0 Å². The van der Waals surface area contributed by atoms with Crippen molar-refractivity contribution in [3.8, 4) is 5.75 Å². The summed E-state index contributed by atoms with van der Waals surface area (Å²) < 4.78 is 32.2. The lowest BCUT2D eigenvalue weighted by atomic mass is 9.99. The number of likely N-dealkylation sites (N-methyl/N-ethyl adjacent to an activating group) is 1. The van der Waals surface area contributed by atoms with Crippen molar-refractivity contribution < 1.29 is 17.9 Å². The van der Waals surface area contributed by atoms with E-state index < -0.39 is 15.9 Å². The van der Waals surface area contributed by atoms with E-state index in [4.69, 9.17) is 4.74 Å². The number of anilines is 1. The second kappa shape index (κ2) is 9.71. The molecule has 0 heterocycles. The fraction of sp³-hybridized carbons (Fsp3) is 0.381. The van der Waals surface area contributed by atoms with E-state index in [0.29, 0.717) is 17.4 Å². The van der Waals surface area contributed by atoms with E-state index in [1.165, 1.54) is 4.31 Å². The highest BCUT2D eigenvalue weighted by Crippen LogP contribution is 2.22. The van der Waals surface area contributed by atoms with Crippen LogP contribution in [0.4, 0.5) is 5.69 Å². The molecule has 1 amide bonds. The lowest BCUT2D eigenvalue weighted by Crippen LogP contribution is -2.37. The van der Waals surface area contributed by atoms with Gasteiger partial charge in [0.25, 0.3) is 0 Å². The number of ether oxygens (including phenoxy) is 1. The first-order valence-electron chi connectivity index (χ1n) is 9.35. The van der Waals surface area contributed by atoms with Gasteiger partial charge < -0.3 is 10.1 Å². The quantitative estimate of drug-likeness (QED) is 0.689. The van der Waals surface area contributed by atoms with E-state index in [0.717, 1.165) is 12.0 Å². The number of carbonyl (C=O) groups is 1. The maximum Gasteiger partial charge on any atom is 0.243 e. The van der Waals surface area contributed by atoms with Crippen LogP contribution in [0.3, 0.4) is 0 Å². The molecule has 0 fully saturated rings. The summed E-state index contributed by atoms with van der Waals surface area (Å²) in [5, 5.41) is 2.71. The molecule has 1 atom stereocenters. The third kappa shape index (κ3) is 5.33. The Morgan fingerprint density at radius 2 is 1.82 bits per heavy atom. The van der Waals surface area contributed by atoms with Gasteiger partial charge in [-0.3, -0.25) is 4.79 Å². The first-order chi connectivity index (χ1) is 13.3. The van der Waals surface area contributed by atoms with Crippen molar-refractivity contribution in [1.82, 2.24) is 4.31 Å². The number of nitrogens with zero attached hydrogens (tertiary/aromatic N) is 1. The van der Waals surface area contributed by atoms with Crippen LogP contribution in [0.15, 0.2) is 53.4 Å². The van der Waals surface area contributed by atoms with Crippen molar-refractivity contribution in [1.29, 1.82) is 0 Å². The molecular weight excluding hydrogens is 376 g/mol. The fourth-order valence-corrected chi connectivity index (χ4v) is 4.19. The molecule has 2 aromatic rings. The Bertz CT molecular complexity index is 895. The first kappa shape index (κ1) is 21.9. The Morgan fingerprint density at radius 1 is 1.14 bits per heavy atom. The number of nitrogens with one attached hydrogen (secondary N) is 1. The van der Waals surface area contributed by atoms with E-state index >= 15 is 0 Å². The summed E-state index contributed by atoms with van der Waals surface area (Å²) in [4.78, 5) is 12.6. The molecule has 6 nitrogen and oxygen atoms in total. The number of sulfonamides is 1. The topological polar surface area (TPSA) is 75.7 Å². The Morgan fingerprint density at radius 3 is 2.39 bits per heavy atom. The zero-order valence-corrected chi connectivity index (χ0v) is 17.6. The average Bonchev–Trinajstić information content (AvgIpc) is 2.71. The van der Waals surface area contributed by atoms with Gasteiger partial charge in [0, 0.05) is 18.3 Å². The molecule has 7 heteroatoms. The largest absolute Gasteiger partial charge is 0.497 e. The van der Waals surface area contributed by atoms with Gasteiger partial charge in [-0.1, -0.05) is 39.0 Å². The average molecular weight is 405 g/mol. The number of benzene rings is 2. The van der Waals surface area contributed by atoms with E-state index in [1.807, 2.05) is 12.1 Å². The standard InChI is InChI=1S/C21H28N2O4S/c1-5-16(3)17-10-12-20(13-11-17)28(25,26)23(6-2)15-21(24)22-18-8-7-9-19(14-18)27-4/h7-14,16H,5-6,15H2,1-4H3,(H,22,24)/t16-/m1/s1. The van der Waals surface area contributed by atoms with Gasteiger partial charge in [0.2, 0.25) is 15.9 Å². The molecule has 1 N–H and O–H groups in total. The Labute approximate surface area is 167 Å². The van der Waals surface area contributed by atoms with Crippen LogP contribution in [0.1, 0.15) is 38.7 Å². The molecule has 0 aliphatic heterocycles. The molecule has 0 unspecified atom stereocenters. The predicted octanol–water partition coefficient (Wildman–Crippen LogP) is 3.86. The molecule has 0 saturated carbocycles. The van der Waals surface area contributed by atoms with E-state index in [1.54, 1.807) is 50.4 Å². The third-order valence-electron chi connectivity index (χ3n) is 4.73. The van der Waals surface area contributed by atoms with Crippen LogP contribution >= 0.6 is 0 Å². The molecule has 2 rings (SSSR count). The van der Waals surface area contributed by atoms with E-state index in [-0.39, 0.29) is 18.0 Å². The highest BCUT2D eigenvalue weighted by Gasteiger charge is 2.25. The van der Waals surface area contributed by atoms with Gasteiger partial charge in [0.1, 0.15) is 5.75 Å². The van der Waals surface area contributed by atoms with Crippen LogP contribution < -0.4 is 10.1 Å². The molecule has 152 valence electrons. The van der Waals surface area contributed by atoms with Crippen LogP contribution in [-0.4, -0.2) is 38.8 Å². The van der Waals surface area contributed by atoms with Gasteiger partial charge in [-0.25, -0.2) is 8.42 Å². The molecule has 2 aromatic carbocycles. The number of hydrogen-bond acceptors (Lipinski definition) is 4. The van der Waals surface area contributed by atoms with E-state index in [2.05, 4.69) is 19.2 Å². The van der Waals surface area contributed by atoms with Crippen LogP contribution in [0.2, 0.25) is 0 Å². The lowest BCUT2D eigenvalue weighted by molar-refractivity contribution is -0.116. The number of hydrogen-bond donors (Lipinski definition) is 1. The summed E-state index contributed by atoms with van der Waals surface area (Å²) in [6.45, 7) is 5.84. The van der Waals surface area contributed by atoms with Crippen LogP contribution in [0.25, 0.3) is 0 Å². The van der Waals surface area contributed by atoms with Crippen molar-refractivity contribution in [2.75, 3.05) is 25.5 Å². The molecule has 0 aliphatic carbocycles. The Hall–Kier alpha value is -2.38. The van der Waals surface area contributed by atoms with Crippen LogP contribution in [0.5, 0.6) is 5.75 Å². The summed E-state index contributed by atoms with van der Waals surface area (Å²) in [5.74, 6) is 0.571. The van der Waals surface area contributed by atoms with Gasteiger partial charge in [0.05, 0.1) is 18.6 Å². The molecule has 28 heavy (non-hydrogen) atoms. The van der Waals surface area contributed by atoms with Crippen molar-refractivity contribution in [2.45, 2.75) is 38.0 Å². The SMILES string of the molecule is CC[C@@H](C)c1ccc(S(=O)(=O)N(CC)CC(=O)Nc2cccc(OC)c2)cc1. The number of amides is 1. The highest BCUT2D eigenvalue weighted by atomic mass is 32.2. The second-order valence-corrected chi connectivity index (χ2v) is 8.53. The lowest BCUT2D eigenvalue weighted by Gasteiger charge is -2.20. The van der Waals surface area contributed by atoms with Gasteiger partial charge in [0.15, 0.2) is 0 Å². The van der Waals surface area contributed by atoms with Gasteiger partial charge in [-0.2, -0.15) is 4.31 Å². The molecule has 0 saturated heterocycles. The monoisotopic (exact) mass is 404 g/mol. The zero-order chi connectivity index (χ0) is 20.7. The summed E-state index contributed by atoms with van der Waals surface area (Å²) in [5.41, 5.74) is 1.65. The summed E-state index contributed by atoms with van der Waals surface area (Å²) in [6, 6.07) is 13.8. The zero-order valence-electron chi connectivity index (χ0n) is 16.8. The van der Waals surface area contributed by atoms with Gasteiger partial charge >= 0.3 is 0 Å². The van der Waals surface area contributed by atoms with E-state index in [9.17, 15) is 13.2 Å². The number of methoxy groups -OCH3 is 1. The normalized spacial score (nSPS) is 12.6. The van der Waals surface area contributed by atoms with Gasteiger partial charge in [-0.15, -0.1) is 0 Å². The Kier molecular flexibility index (Phi) is 7.60. The summed E-state index contributed by atoms with van der Waals surface area (Å²) in [7, 11) is -2.21. The minimum atomic E-state index is -3.75. The van der Waals surface area contributed by atoms with Crippen molar-refractivity contribution in [2.24, 2.45) is 0 Å². The van der Waals surface area contributed by atoms with Crippen LogP contribution in [-0.2, 0) is 14.8 Å². The second-order valence-electron chi connectivity index (χ2n) is 6.59. The molecule has 0 aliphatic rings. The maximum absolute atomic E-state index is 12.9. The molecule has 0 aromatic heterocycles. The number of rotatable bonds is 9. The summed E-state index contributed by atoms with van der Waals surface area (Å²) >= 11 is 0. The van der Waals surface area contributed by atoms with Crippen molar-refractivity contribution >= 4 is 21.6 Å². The molecular formula is C21H28N2O4S. The molecule has 0 radical (unpaired) electrons. The first-order valence-corrected chi connectivity index (χ1v) is 10.8. The minimum Gasteiger partial charge on any atom is -0.497 e. The van der Waals surface area contributed by atoms with Gasteiger partial charge in [-0.05, 0) is 42.2 Å². The number of carbonyl (C=O) groups excluding carboxylic acids is 1. The highest BCUT2D eigenvalue weighted by molar-refractivity contribution is 7.89. The minimum absolute atomic E-state index is 0.190. The molecule has 0 spiro atoms.